The number of hydrogen-bond acceptors (Lipinski definition) is 5. The first-order valence-electron chi connectivity index (χ1n) is 8.73. The Labute approximate surface area is 173 Å². The molecule has 0 aliphatic heterocycles. The normalized spacial score (nSPS) is 10.7. The van der Waals surface area contributed by atoms with Crippen LogP contribution in [0, 0.1) is 0 Å². The van der Waals surface area contributed by atoms with Crippen molar-refractivity contribution in [3.8, 4) is 11.5 Å². The molecule has 0 aliphatic rings. The van der Waals surface area contributed by atoms with Crippen molar-refractivity contribution in [3.05, 3.63) is 88.4 Å². The quantitative estimate of drug-likeness (QED) is 0.400. The van der Waals surface area contributed by atoms with Gasteiger partial charge in [-0.25, -0.2) is 4.79 Å². The SMILES string of the molecule is COc1ccc(C=NNc2cccc(C(=O)O)c2)cc1OCc1ccccc1Cl. The van der Waals surface area contributed by atoms with Gasteiger partial charge in [0.25, 0.3) is 0 Å². The van der Waals surface area contributed by atoms with Crippen LogP contribution in [0.4, 0.5) is 5.69 Å². The molecule has 0 aliphatic carbocycles. The average Bonchev–Trinajstić information content (AvgIpc) is 2.73. The number of ether oxygens (including phenoxy) is 2. The maximum Gasteiger partial charge on any atom is 0.335 e. The minimum Gasteiger partial charge on any atom is -0.493 e. The lowest BCUT2D eigenvalue weighted by Crippen LogP contribution is -2.00. The molecule has 6 nitrogen and oxygen atoms in total. The van der Waals surface area contributed by atoms with Crippen molar-refractivity contribution in [1.29, 1.82) is 0 Å². The molecule has 2 N–H and O–H groups in total. The van der Waals surface area contributed by atoms with Gasteiger partial charge in [-0.3, -0.25) is 5.43 Å². The molecule has 0 fully saturated rings. The van der Waals surface area contributed by atoms with Gasteiger partial charge in [0.2, 0.25) is 0 Å². The first-order chi connectivity index (χ1) is 14.1. The van der Waals surface area contributed by atoms with E-state index in [9.17, 15) is 4.79 Å². The molecule has 0 radical (unpaired) electrons. The predicted molar refractivity (Wildman–Crippen MR) is 113 cm³/mol. The van der Waals surface area contributed by atoms with Gasteiger partial charge in [-0.1, -0.05) is 35.9 Å². The van der Waals surface area contributed by atoms with Crippen LogP contribution >= 0.6 is 11.6 Å². The lowest BCUT2D eigenvalue weighted by atomic mass is 10.2. The van der Waals surface area contributed by atoms with Gasteiger partial charge in [0.1, 0.15) is 6.61 Å². The number of carboxylic acids is 1. The maximum atomic E-state index is 11.0. The van der Waals surface area contributed by atoms with Gasteiger partial charge >= 0.3 is 5.97 Å². The molecule has 0 bridgehead atoms. The molecule has 3 rings (SSSR count). The third-order valence-electron chi connectivity index (χ3n) is 4.05. The zero-order valence-corrected chi connectivity index (χ0v) is 16.4. The van der Waals surface area contributed by atoms with Crippen molar-refractivity contribution in [1.82, 2.24) is 0 Å². The lowest BCUT2D eigenvalue weighted by Gasteiger charge is -2.12. The number of rotatable bonds is 8. The smallest absolute Gasteiger partial charge is 0.335 e. The minimum absolute atomic E-state index is 0.185. The Hall–Kier alpha value is -3.51. The van der Waals surface area contributed by atoms with E-state index in [1.165, 1.54) is 12.1 Å². The van der Waals surface area contributed by atoms with E-state index in [0.29, 0.717) is 28.8 Å². The van der Waals surface area contributed by atoms with Crippen LogP contribution in [0.25, 0.3) is 0 Å². The fourth-order valence-electron chi connectivity index (χ4n) is 2.56. The largest absolute Gasteiger partial charge is 0.493 e. The zero-order chi connectivity index (χ0) is 20.6. The molecule has 3 aromatic carbocycles. The van der Waals surface area contributed by atoms with Gasteiger partial charge < -0.3 is 14.6 Å². The Morgan fingerprint density at radius 2 is 1.93 bits per heavy atom. The second-order valence-corrected chi connectivity index (χ2v) is 6.45. The lowest BCUT2D eigenvalue weighted by molar-refractivity contribution is 0.0697. The molecule has 29 heavy (non-hydrogen) atoms. The van der Waals surface area contributed by atoms with Crippen LogP contribution in [0.15, 0.2) is 71.8 Å². The highest BCUT2D eigenvalue weighted by Gasteiger charge is 2.07. The van der Waals surface area contributed by atoms with E-state index in [-0.39, 0.29) is 5.56 Å². The van der Waals surface area contributed by atoms with Crippen molar-refractivity contribution >= 4 is 29.5 Å². The third-order valence-corrected chi connectivity index (χ3v) is 4.41. The number of anilines is 1. The summed E-state index contributed by atoms with van der Waals surface area (Å²) in [7, 11) is 1.57. The molecule has 0 saturated heterocycles. The topological polar surface area (TPSA) is 80.2 Å². The molecule has 3 aromatic rings. The summed E-state index contributed by atoms with van der Waals surface area (Å²) in [5, 5.41) is 13.8. The summed E-state index contributed by atoms with van der Waals surface area (Å²) >= 11 is 6.18. The van der Waals surface area contributed by atoms with Gasteiger partial charge in [-0.2, -0.15) is 5.10 Å². The highest BCUT2D eigenvalue weighted by atomic mass is 35.5. The summed E-state index contributed by atoms with van der Waals surface area (Å²) in [6, 6.07) is 19.3. The molecule has 0 aromatic heterocycles. The molecular weight excluding hydrogens is 392 g/mol. The van der Waals surface area contributed by atoms with E-state index in [4.69, 9.17) is 26.2 Å². The Morgan fingerprint density at radius 1 is 1.10 bits per heavy atom. The Kier molecular flexibility index (Phi) is 6.71. The number of aromatic carboxylic acids is 1. The van der Waals surface area contributed by atoms with Crippen molar-refractivity contribution in [3.63, 3.8) is 0 Å². The monoisotopic (exact) mass is 410 g/mol. The van der Waals surface area contributed by atoms with E-state index in [1.54, 1.807) is 37.6 Å². The van der Waals surface area contributed by atoms with Gasteiger partial charge in [0.05, 0.1) is 24.6 Å². The first kappa shape index (κ1) is 20.2. The Balaban J connectivity index is 1.71. The fraction of sp³-hybridized carbons (Fsp3) is 0.0909. The second kappa shape index (κ2) is 9.61. The Morgan fingerprint density at radius 3 is 2.69 bits per heavy atom. The summed E-state index contributed by atoms with van der Waals surface area (Å²) in [5.41, 5.74) is 5.23. The van der Waals surface area contributed by atoms with Crippen LogP contribution in [0.2, 0.25) is 5.02 Å². The standard InChI is InChI=1S/C22H19ClN2O4/c1-28-20-10-9-15(11-21(20)29-14-17-5-2-3-8-19(17)23)13-24-25-18-7-4-6-16(12-18)22(26)27/h2-13,25H,14H2,1H3,(H,26,27). The molecular formula is C22H19ClN2O4. The number of carbonyl (C=O) groups is 1. The third kappa shape index (κ3) is 5.49. The van der Waals surface area contributed by atoms with Gasteiger partial charge in [-0.05, 0) is 48.0 Å². The van der Waals surface area contributed by atoms with Gasteiger partial charge in [0, 0.05) is 10.6 Å². The number of nitrogens with one attached hydrogen (secondary N) is 1. The number of methoxy groups -OCH3 is 1. The van der Waals surface area contributed by atoms with Crippen LogP contribution < -0.4 is 14.9 Å². The number of carboxylic acid groups (broad SMARTS) is 1. The molecule has 0 spiro atoms. The van der Waals surface area contributed by atoms with Crippen molar-refractivity contribution in [2.45, 2.75) is 6.61 Å². The summed E-state index contributed by atoms with van der Waals surface area (Å²) in [4.78, 5) is 11.0. The summed E-state index contributed by atoms with van der Waals surface area (Å²) in [6.45, 7) is 0.302. The van der Waals surface area contributed by atoms with E-state index in [1.807, 2.05) is 30.3 Å². The highest BCUT2D eigenvalue weighted by Crippen LogP contribution is 2.29. The molecule has 7 heteroatoms. The molecule has 0 saturated carbocycles. The average molecular weight is 411 g/mol. The zero-order valence-electron chi connectivity index (χ0n) is 15.6. The van der Waals surface area contributed by atoms with Crippen molar-refractivity contribution in [2.75, 3.05) is 12.5 Å². The van der Waals surface area contributed by atoms with Crippen LogP contribution in [-0.4, -0.2) is 24.4 Å². The van der Waals surface area contributed by atoms with Crippen LogP contribution in [0.3, 0.4) is 0 Å². The summed E-state index contributed by atoms with van der Waals surface area (Å²) in [6.07, 6.45) is 1.61. The minimum atomic E-state index is -0.993. The fourth-order valence-corrected chi connectivity index (χ4v) is 2.75. The number of benzene rings is 3. The van der Waals surface area contributed by atoms with E-state index in [2.05, 4.69) is 10.5 Å². The predicted octanol–water partition coefficient (Wildman–Crippen LogP) is 5.07. The highest BCUT2D eigenvalue weighted by molar-refractivity contribution is 6.31. The molecule has 0 atom stereocenters. The number of hydrazone groups is 1. The molecule has 0 unspecified atom stereocenters. The van der Waals surface area contributed by atoms with Gasteiger partial charge in [-0.15, -0.1) is 0 Å². The number of nitrogens with zero attached hydrogens (tertiary/aromatic N) is 1. The first-order valence-corrected chi connectivity index (χ1v) is 9.11. The van der Waals surface area contributed by atoms with E-state index >= 15 is 0 Å². The molecule has 0 heterocycles. The maximum absolute atomic E-state index is 11.0. The van der Waals surface area contributed by atoms with Crippen molar-refractivity contribution < 1.29 is 19.4 Å². The van der Waals surface area contributed by atoms with E-state index in [0.717, 1.165) is 11.1 Å². The molecule has 148 valence electrons. The molecule has 0 amide bonds. The number of hydrogen-bond donors (Lipinski definition) is 2. The van der Waals surface area contributed by atoms with Gasteiger partial charge in [0.15, 0.2) is 11.5 Å². The number of halogens is 1. The Bertz CT molecular complexity index is 1040. The van der Waals surface area contributed by atoms with Crippen LogP contribution in [0.5, 0.6) is 11.5 Å². The van der Waals surface area contributed by atoms with E-state index < -0.39 is 5.97 Å². The summed E-state index contributed by atoms with van der Waals surface area (Å²) < 4.78 is 11.2. The van der Waals surface area contributed by atoms with Crippen LogP contribution in [-0.2, 0) is 6.61 Å². The second-order valence-electron chi connectivity index (χ2n) is 6.05. The van der Waals surface area contributed by atoms with Crippen molar-refractivity contribution in [2.24, 2.45) is 5.10 Å². The van der Waals surface area contributed by atoms with Crippen LogP contribution in [0.1, 0.15) is 21.5 Å². The summed E-state index contributed by atoms with van der Waals surface area (Å²) in [5.74, 6) is 0.161.